The van der Waals surface area contributed by atoms with E-state index in [-0.39, 0.29) is 5.91 Å². The maximum absolute atomic E-state index is 12.5. The van der Waals surface area contributed by atoms with E-state index in [1.807, 2.05) is 12.2 Å². The maximum atomic E-state index is 12.5. The number of thiazole rings is 1. The summed E-state index contributed by atoms with van der Waals surface area (Å²) in [5, 5.41) is 2.16. The third kappa shape index (κ3) is 2.89. The summed E-state index contributed by atoms with van der Waals surface area (Å²) in [5.41, 5.74) is 0.187. The molecule has 1 amide bonds. The van der Waals surface area contributed by atoms with E-state index >= 15 is 0 Å². The number of halogens is 3. The zero-order valence-electron chi connectivity index (χ0n) is 11.3. The monoisotopic (exact) mass is 324 g/mol. The van der Waals surface area contributed by atoms with Gasteiger partial charge in [-0.3, -0.25) is 4.79 Å². The molecule has 1 aromatic heterocycles. The molecular weight excluding hydrogens is 313 g/mol. The predicted molar refractivity (Wildman–Crippen MR) is 77.6 cm³/mol. The number of nitrogens with zero attached hydrogens (tertiary/aromatic N) is 2. The SMILES string of the molecule is O=C(c1csc(-c2ccc(C(F)(F)F)cc2)n1)N1CC=CC1. The summed E-state index contributed by atoms with van der Waals surface area (Å²) in [6.07, 6.45) is -0.548. The van der Waals surface area contributed by atoms with E-state index in [1.54, 1.807) is 10.3 Å². The van der Waals surface area contributed by atoms with Gasteiger partial charge in [0, 0.05) is 24.0 Å². The number of hydrogen-bond acceptors (Lipinski definition) is 3. The molecule has 2 heterocycles. The van der Waals surface area contributed by atoms with Crippen LogP contribution in [0.5, 0.6) is 0 Å². The van der Waals surface area contributed by atoms with Crippen LogP contribution in [0.3, 0.4) is 0 Å². The first kappa shape index (κ1) is 14.8. The number of amides is 1. The lowest BCUT2D eigenvalue weighted by Crippen LogP contribution is -2.28. The van der Waals surface area contributed by atoms with Crippen LogP contribution in [0.15, 0.2) is 41.8 Å². The van der Waals surface area contributed by atoms with Crippen molar-refractivity contribution in [3.05, 3.63) is 53.1 Å². The standard InChI is InChI=1S/C15H11F3N2OS/c16-15(17,18)11-5-3-10(4-6-11)13-19-12(9-22-13)14(21)20-7-1-2-8-20/h1-6,9H,7-8H2. The minimum atomic E-state index is -4.36. The summed E-state index contributed by atoms with van der Waals surface area (Å²) in [7, 11) is 0. The van der Waals surface area contributed by atoms with Crippen LogP contribution in [0.4, 0.5) is 13.2 Å². The molecule has 0 atom stereocenters. The molecular formula is C15H11F3N2OS. The van der Waals surface area contributed by atoms with Crippen molar-refractivity contribution in [3.8, 4) is 10.6 Å². The van der Waals surface area contributed by atoms with E-state index < -0.39 is 11.7 Å². The summed E-state index contributed by atoms with van der Waals surface area (Å²) >= 11 is 1.24. The summed E-state index contributed by atoms with van der Waals surface area (Å²) in [6.45, 7) is 1.12. The van der Waals surface area contributed by atoms with Crippen LogP contribution < -0.4 is 0 Å². The number of rotatable bonds is 2. The van der Waals surface area contributed by atoms with Gasteiger partial charge >= 0.3 is 6.18 Å². The number of carbonyl (C=O) groups excluding carboxylic acids is 1. The molecule has 0 saturated heterocycles. The van der Waals surface area contributed by atoms with Gasteiger partial charge in [0.15, 0.2) is 0 Å². The molecule has 1 aliphatic rings. The number of aromatic nitrogens is 1. The highest BCUT2D eigenvalue weighted by Gasteiger charge is 2.30. The number of hydrogen-bond donors (Lipinski definition) is 0. The number of alkyl halides is 3. The molecule has 0 bridgehead atoms. The van der Waals surface area contributed by atoms with Gasteiger partial charge < -0.3 is 4.90 Å². The van der Waals surface area contributed by atoms with E-state index in [9.17, 15) is 18.0 Å². The summed E-state index contributed by atoms with van der Waals surface area (Å²) in [6, 6.07) is 4.77. The van der Waals surface area contributed by atoms with Crippen LogP contribution in [0.25, 0.3) is 10.6 Å². The van der Waals surface area contributed by atoms with E-state index in [4.69, 9.17) is 0 Å². The van der Waals surface area contributed by atoms with E-state index in [2.05, 4.69) is 4.98 Å². The Labute approximate surface area is 128 Å². The van der Waals surface area contributed by atoms with E-state index in [0.717, 1.165) is 12.1 Å². The lowest BCUT2D eigenvalue weighted by molar-refractivity contribution is -0.137. The van der Waals surface area contributed by atoms with Crippen LogP contribution in [0.1, 0.15) is 16.1 Å². The van der Waals surface area contributed by atoms with Gasteiger partial charge in [-0.2, -0.15) is 13.2 Å². The minimum Gasteiger partial charge on any atom is -0.330 e. The van der Waals surface area contributed by atoms with Crippen molar-refractivity contribution in [3.63, 3.8) is 0 Å². The largest absolute Gasteiger partial charge is 0.416 e. The van der Waals surface area contributed by atoms with Crippen molar-refractivity contribution in [2.24, 2.45) is 0 Å². The van der Waals surface area contributed by atoms with Crippen LogP contribution in [-0.2, 0) is 6.18 Å². The third-order valence-electron chi connectivity index (χ3n) is 3.29. The second kappa shape index (κ2) is 5.57. The van der Waals surface area contributed by atoms with Gasteiger partial charge in [0.05, 0.1) is 5.56 Å². The van der Waals surface area contributed by atoms with E-state index in [0.29, 0.717) is 29.4 Å². The van der Waals surface area contributed by atoms with Crippen molar-refractivity contribution in [1.29, 1.82) is 0 Å². The Morgan fingerprint density at radius 3 is 2.36 bits per heavy atom. The molecule has 3 nitrogen and oxygen atoms in total. The molecule has 0 spiro atoms. The fraction of sp³-hybridized carbons (Fsp3) is 0.200. The predicted octanol–water partition coefficient (Wildman–Crippen LogP) is 3.84. The van der Waals surface area contributed by atoms with Gasteiger partial charge in [-0.1, -0.05) is 24.3 Å². The van der Waals surface area contributed by atoms with Gasteiger partial charge in [-0.05, 0) is 12.1 Å². The normalized spacial score (nSPS) is 14.6. The lowest BCUT2D eigenvalue weighted by Gasteiger charge is -2.12. The topological polar surface area (TPSA) is 33.2 Å². The minimum absolute atomic E-state index is 0.167. The fourth-order valence-corrected chi connectivity index (χ4v) is 2.91. The molecule has 0 aliphatic carbocycles. The molecule has 0 fully saturated rings. The van der Waals surface area contributed by atoms with Crippen molar-refractivity contribution in [2.45, 2.75) is 6.18 Å². The zero-order chi connectivity index (χ0) is 15.7. The van der Waals surface area contributed by atoms with E-state index in [1.165, 1.54) is 23.5 Å². The van der Waals surface area contributed by atoms with Gasteiger partial charge in [-0.25, -0.2) is 4.98 Å². The van der Waals surface area contributed by atoms with Crippen molar-refractivity contribution < 1.29 is 18.0 Å². The molecule has 0 N–H and O–H groups in total. The van der Waals surface area contributed by atoms with Gasteiger partial charge in [-0.15, -0.1) is 11.3 Å². The highest BCUT2D eigenvalue weighted by molar-refractivity contribution is 7.13. The summed E-state index contributed by atoms with van der Waals surface area (Å²) in [5.74, 6) is -0.167. The van der Waals surface area contributed by atoms with Crippen molar-refractivity contribution >= 4 is 17.2 Å². The van der Waals surface area contributed by atoms with Gasteiger partial charge in [0.25, 0.3) is 5.91 Å². The Bertz CT molecular complexity index is 711. The molecule has 3 rings (SSSR count). The molecule has 0 saturated carbocycles. The molecule has 1 aromatic carbocycles. The first-order valence-corrected chi connectivity index (χ1v) is 7.40. The van der Waals surface area contributed by atoms with Crippen LogP contribution in [-0.4, -0.2) is 28.9 Å². The molecule has 1 aliphatic heterocycles. The smallest absolute Gasteiger partial charge is 0.330 e. The van der Waals surface area contributed by atoms with Crippen LogP contribution in [0.2, 0.25) is 0 Å². The average molecular weight is 324 g/mol. The summed E-state index contributed by atoms with van der Waals surface area (Å²) in [4.78, 5) is 18.0. The highest BCUT2D eigenvalue weighted by atomic mass is 32.1. The Kier molecular flexibility index (Phi) is 3.74. The van der Waals surface area contributed by atoms with Crippen LogP contribution >= 0.6 is 11.3 Å². The highest BCUT2D eigenvalue weighted by Crippen LogP contribution is 2.31. The molecule has 0 radical (unpaired) electrons. The van der Waals surface area contributed by atoms with Crippen molar-refractivity contribution in [2.75, 3.05) is 13.1 Å². The number of benzene rings is 1. The zero-order valence-corrected chi connectivity index (χ0v) is 12.1. The Morgan fingerprint density at radius 2 is 1.77 bits per heavy atom. The van der Waals surface area contributed by atoms with Gasteiger partial charge in [0.1, 0.15) is 10.7 Å². The fourth-order valence-electron chi connectivity index (χ4n) is 2.11. The van der Waals surface area contributed by atoms with Crippen LogP contribution in [0, 0.1) is 0 Å². The molecule has 7 heteroatoms. The van der Waals surface area contributed by atoms with Crippen molar-refractivity contribution in [1.82, 2.24) is 9.88 Å². The second-order valence-corrected chi connectivity index (χ2v) is 5.65. The Morgan fingerprint density at radius 1 is 1.14 bits per heavy atom. The first-order valence-electron chi connectivity index (χ1n) is 6.52. The second-order valence-electron chi connectivity index (χ2n) is 4.79. The summed E-state index contributed by atoms with van der Waals surface area (Å²) < 4.78 is 37.6. The quantitative estimate of drug-likeness (QED) is 0.786. The maximum Gasteiger partial charge on any atom is 0.416 e. The first-order chi connectivity index (χ1) is 10.4. The van der Waals surface area contributed by atoms with Gasteiger partial charge in [0.2, 0.25) is 0 Å². The lowest BCUT2D eigenvalue weighted by atomic mass is 10.1. The molecule has 0 unspecified atom stereocenters. The Hall–Kier alpha value is -2.15. The molecule has 114 valence electrons. The number of carbonyl (C=O) groups is 1. The third-order valence-corrected chi connectivity index (χ3v) is 4.18. The molecule has 2 aromatic rings. The Balaban J connectivity index is 1.80. The molecule has 22 heavy (non-hydrogen) atoms. The average Bonchev–Trinajstić information content (AvgIpc) is 3.17.